The van der Waals surface area contributed by atoms with E-state index in [-0.39, 0.29) is 0 Å². The molecule has 0 fully saturated rings. The normalized spacial score (nSPS) is 19.7. The van der Waals surface area contributed by atoms with Gasteiger partial charge in [-0.15, -0.1) is 4.52 Å². The van der Waals surface area contributed by atoms with Gasteiger partial charge in [0.15, 0.2) is 0 Å². The van der Waals surface area contributed by atoms with Crippen molar-refractivity contribution in [2.75, 3.05) is 6.54 Å². The summed E-state index contributed by atoms with van der Waals surface area (Å²) in [5.41, 5.74) is 0. The third-order valence-corrected chi connectivity index (χ3v) is 1.28. The van der Waals surface area contributed by atoms with Crippen molar-refractivity contribution in [2.24, 2.45) is 9.63 Å². The molecule has 1 aliphatic heterocycles. The SMILES string of the molecule is S=C1CN=NS1. The summed E-state index contributed by atoms with van der Waals surface area (Å²) < 4.78 is 4.44. The maximum Gasteiger partial charge on any atom is 0.104 e. The van der Waals surface area contributed by atoms with Crippen LogP contribution in [0.15, 0.2) is 9.63 Å². The van der Waals surface area contributed by atoms with E-state index < -0.39 is 0 Å². The number of nitrogens with zero attached hydrogens (tertiary/aromatic N) is 2. The van der Waals surface area contributed by atoms with Gasteiger partial charge in [0, 0.05) is 11.9 Å². The first-order valence-electron chi connectivity index (χ1n) is 1.46. The molecule has 2 nitrogen and oxygen atoms in total. The van der Waals surface area contributed by atoms with Crippen LogP contribution in [0.25, 0.3) is 0 Å². The lowest BCUT2D eigenvalue weighted by Crippen LogP contribution is -1.80. The lowest BCUT2D eigenvalue weighted by Gasteiger charge is -1.70. The van der Waals surface area contributed by atoms with Crippen LogP contribution in [-0.4, -0.2) is 10.7 Å². The van der Waals surface area contributed by atoms with Crippen molar-refractivity contribution in [1.29, 1.82) is 0 Å². The second kappa shape index (κ2) is 1.66. The fourth-order valence-corrected chi connectivity index (χ4v) is 0.670. The van der Waals surface area contributed by atoms with Crippen LogP contribution in [0, 0.1) is 0 Å². The Bertz CT molecular complexity index is 87.7. The van der Waals surface area contributed by atoms with E-state index >= 15 is 0 Å². The molecular weight excluding hydrogens is 116 g/mol. The van der Waals surface area contributed by atoms with E-state index in [1.165, 1.54) is 11.9 Å². The number of rotatable bonds is 0. The van der Waals surface area contributed by atoms with E-state index in [2.05, 4.69) is 9.63 Å². The Morgan fingerprint density at radius 2 is 2.67 bits per heavy atom. The summed E-state index contributed by atoms with van der Waals surface area (Å²) in [6.07, 6.45) is 0. The van der Waals surface area contributed by atoms with Gasteiger partial charge in [-0.25, -0.2) is 0 Å². The Morgan fingerprint density at radius 3 is 2.83 bits per heavy atom. The number of hydrogen-bond donors (Lipinski definition) is 0. The quantitative estimate of drug-likeness (QED) is 0.355. The molecule has 0 radical (unpaired) electrons. The van der Waals surface area contributed by atoms with Gasteiger partial charge in [0.2, 0.25) is 0 Å². The molecule has 0 spiro atoms. The molecule has 0 atom stereocenters. The molecule has 1 heterocycles. The average Bonchev–Trinajstić information content (AvgIpc) is 1.86. The topological polar surface area (TPSA) is 24.7 Å². The summed E-state index contributed by atoms with van der Waals surface area (Å²) in [6.45, 7) is 0.639. The summed E-state index contributed by atoms with van der Waals surface area (Å²) in [6, 6.07) is 0. The highest BCUT2D eigenvalue weighted by molar-refractivity contribution is 8.22. The van der Waals surface area contributed by atoms with Crippen LogP contribution in [0.4, 0.5) is 0 Å². The molecule has 0 N–H and O–H groups in total. The molecule has 0 saturated heterocycles. The maximum atomic E-state index is 4.69. The molecule has 0 unspecified atom stereocenters. The minimum absolute atomic E-state index is 0.639. The number of thiocarbonyl (C=S) groups is 1. The van der Waals surface area contributed by atoms with Crippen molar-refractivity contribution in [1.82, 2.24) is 0 Å². The highest BCUT2D eigenvalue weighted by Gasteiger charge is 1.99. The first-order chi connectivity index (χ1) is 2.89. The van der Waals surface area contributed by atoms with Gasteiger partial charge in [-0.3, -0.25) is 0 Å². The Kier molecular flexibility index (Phi) is 1.16. The van der Waals surface area contributed by atoms with Crippen molar-refractivity contribution in [2.45, 2.75) is 0 Å². The molecule has 0 saturated carbocycles. The fraction of sp³-hybridized carbons (Fsp3) is 0.500. The van der Waals surface area contributed by atoms with Crippen LogP contribution in [-0.2, 0) is 0 Å². The van der Waals surface area contributed by atoms with Crippen LogP contribution < -0.4 is 0 Å². The molecule has 4 heteroatoms. The smallest absolute Gasteiger partial charge is 0.104 e. The van der Waals surface area contributed by atoms with E-state index in [9.17, 15) is 0 Å². The molecule has 0 aromatic heterocycles. The van der Waals surface area contributed by atoms with Crippen LogP contribution in [0.5, 0.6) is 0 Å². The monoisotopic (exact) mass is 118 g/mol. The average molecular weight is 118 g/mol. The summed E-state index contributed by atoms with van der Waals surface area (Å²) in [5.74, 6) is 0. The maximum absolute atomic E-state index is 4.69. The zero-order chi connectivity index (χ0) is 4.41. The highest BCUT2D eigenvalue weighted by Crippen LogP contribution is 2.13. The van der Waals surface area contributed by atoms with E-state index in [0.717, 1.165) is 4.20 Å². The molecule has 32 valence electrons. The second-order valence-corrected chi connectivity index (χ2v) is 2.43. The molecule has 0 aromatic carbocycles. The minimum Gasteiger partial charge on any atom is -0.175 e. The van der Waals surface area contributed by atoms with Gasteiger partial charge in [-0.2, -0.15) is 5.11 Å². The Morgan fingerprint density at radius 1 is 1.83 bits per heavy atom. The van der Waals surface area contributed by atoms with Gasteiger partial charge >= 0.3 is 0 Å². The van der Waals surface area contributed by atoms with Gasteiger partial charge in [-0.1, -0.05) is 12.2 Å². The zero-order valence-corrected chi connectivity index (χ0v) is 4.55. The van der Waals surface area contributed by atoms with E-state index in [1.807, 2.05) is 0 Å². The van der Waals surface area contributed by atoms with Crippen LogP contribution in [0.2, 0.25) is 0 Å². The molecule has 1 aliphatic rings. The second-order valence-electron chi connectivity index (χ2n) is 0.844. The molecular formula is C2H2N2S2. The van der Waals surface area contributed by atoms with Crippen LogP contribution >= 0.6 is 24.2 Å². The van der Waals surface area contributed by atoms with Crippen molar-refractivity contribution >= 4 is 28.4 Å². The first-order valence-corrected chi connectivity index (χ1v) is 2.64. The van der Waals surface area contributed by atoms with Crippen molar-refractivity contribution in [3.8, 4) is 0 Å². The van der Waals surface area contributed by atoms with E-state index in [4.69, 9.17) is 12.2 Å². The summed E-state index contributed by atoms with van der Waals surface area (Å²) in [5, 5.41) is 3.61. The summed E-state index contributed by atoms with van der Waals surface area (Å²) >= 11 is 5.98. The predicted molar refractivity (Wildman–Crippen MR) is 29.9 cm³/mol. The number of hydrogen-bond acceptors (Lipinski definition) is 4. The molecule has 0 aliphatic carbocycles. The van der Waals surface area contributed by atoms with Gasteiger partial charge in [-0.05, 0) is 0 Å². The van der Waals surface area contributed by atoms with Crippen LogP contribution in [0.3, 0.4) is 0 Å². The van der Waals surface area contributed by atoms with Gasteiger partial charge in [0.1, 0.15) is 6.54 Å². The van der Waals surface area contributed by atoms with Gasteiger partial charge in [0.05, 0.1) is 4.20 Å². The summed E-state index contributed by atoms with van der Waals surface area (Å²) in [4.78, 5) is 0. The Labute approximate surface area is 45.2 Å². The Balaban J connectivity index is 2.52. The third kappa shape index (κ3) is 0.753. The largest absolute Gasteiger partial charge is 0.175 e. The van der Waals surface area contributed by atoms with Crippen LogP contribution in [0.1, 0.15) is 0 Å². The fourth-order valence-electron chi connectivity index (χ4n) is 0.190. The van der Waals surface area contributed by atoms with E-state index in [0.29, 0.717) is 6.54 Å². The lowest BCUT2D eigenvalue weighted by molar-refractivity contribution is 1.21. The minimum atomic E-state index is 0.639. The standard InChI is InChI=1S/C2H2N2S2/c5-2-1-3-4-6-2/h1H2. The van der Waals surface area contributed by atoms with Crippen molar-refractivity contribution in [3.05, 3.63) is 0 Å². The zero-order valence-electron chi connectivity index (χ0n) is 2.92. The molecule has 0 bridgehead atoms. The van der Waals surface area contributed by atoms with Crippen molar-refractivity contribution in [3.63, 3.8) is 0 Å². The lowest BCUT2D eigenvalue weighted by atomic mass is 10.8. The molecule has 0 amide bonds. The molecule has 0 aromatic rings. The summed E-state index contributed by atoms with van der Waals surface area (Å²) in [7, 11) is 0. The Hall–Kier alpha value is 0.0400. The van der Waals surface area contributed by atoms with E-state index in [1.54, 1.807) is 0 Å². The first kappa shape index (κ1) is 4.21. The van der Waals surface area contributed by atoms with Gasteiger partial charge < -0.3 is 0 Å². The van der Waals surface area contributed by atoms with Gasteiger partial charge in [0.25, 0.3) is 0 Å². The third-order valence-electron chi connectivity index (χ3n) is 0.400. The molecule has 1 rings (SSSR count). The highest BCUT2D eigenvalue weighted by atomic mass is 32.2. The molecule has 6 heavy (non-hydrogen) atoms. The van der Waals surface area contributed by atoms with Crippen molar-refractivity contribution < 1.29 is 0 Å². The predicted octanol–water partition coefficient (Wildman–Crippen LogP) is 1.43.